The molecule has 0 saturated carbocycles. The highest BCUT2D eigenvalue weighted by Crippen LogP contribution is 2.34. The van der Waals surface area contributed by atoms with Crippen molar-refractivity contribution in [3.05, 3.63) is 36.0 Å². The van der Waals surface area contributed by atoms with E-state index in [1.165, 1.54) is 6.20 Å². The number of benzene rings is 1. The second-order valence-corrected chi connectivity index (χ2v) is 3.31. The van der Waals surface area contributed by atoms with Gasteiger partial charge in [0.2, 0.25) is 0 Å². The molecule has 0 amide bonds. The first-order chi connectivity index (χ1) is 7.00. The number of H-pyrrole nitrogens is 1. The molecule has 0 aliphatic rings. The number of hydrogen-bond acceptors (Lipinski definition) is 1. The van der Waals surface area contributed by atoms with Gasteiger partial charge in [0, 0.05) is 22.7 Å². The van der Waals surface area contributed by atoms with Crippen molar-refractivity contribution in [3.8, 4) is 0 Å². The summed E-state index contributed by atoms with van der Waals surface area (Å²) in [7, 11) is 0. The molecule has 0 spiro atoms. The first-order valence-corrected chi connectivity index (χ1v) is 4.38. The number of aromatic nitrogens is 1. The van der Waals surface area contributed by atoms with Gasteiger partial charge in [-0.2, -0.15) is 13.2 Å². The fourth-order valence-corrected chi connectivity index (χ4v) is 1.53. The van der Waals surface area contributed by atoms with Crippen LogP contribution in [-0.2, 0) is 0 Å². The molecule has 15 heavy (non-hydrogen) atoms. The van der Waals surface area contributed by atoms with Crippen LogP contribution >= 0.6 is 0 Å². The van der Waals surface area contributed by atoms with Gasteiger partial charge in [-0.1, -0.05) is 18.2 Å². The molecule has 0 aliphatic carbocycles. The van der Waals surface area contributed by atoms with Gasteiger partial charge < -0.3 is 10.7 Å². The van der Waals surface area contributed by atoms with E-state index < -0.39 is 12.2 Å². The first kappa shape index (κ1) is 10.0. The van der Waals surface area contributed by atoms with Gasteiger partial charge in [0.1, 0.15) is 6.04 Å². The van der Waals surface area contributed by atoms with Gasteiger partial charge in [-0.25, -0.2) is 0 Å². The number of halogens is 3. The molecule has 5 heteroatoms. The molecule has 1 aromatic heterocycles. The lowest BCUT2D eigenvalue weighted by atomic mass is 10.1. The second kappa shape index (κ2) is 3.27. The minimum Gasteiger partial charge on any atom is -0.361 e. The number of hydrogen-bond donors (Lipinski definition) is 2. The van der Waals surface area contributed by atoms with Crippen LogP contribution < -0.4 is 5.73 Å². The van der Waals surface area contributed by atoms with Gasteiger partial charge in [0.15, 0.2) is 0 Å². The van der Waals surface area contributed by atoms with E-state index in [4.69, 9.17) is 5.73 Å². The molecule has 2 aromatic rings. The molecule has 0 fully saturated rings. The number of nitrogens with one attached hydrogen (secondary N) is 1. The average molecular weight is 214 g/mol. The van der Waals surface area contributed by atoms with E-state index in [-0.39, 0.29) is 5.56 Å². The minimum atomic E-state index is -4.41. The molecule has 2 rings (SSSR count). The Hall–Kier alpha value is -1.49. The maximum Gasteiger partial charge on any atom is 0.407 e. The Morgan fingerprint density at radius 2 is 1.87 bits per heavy atom. The molecular weight excluding hydrogens is 205 g/mol. The summed E-state index contributed by atoms with van der Waals surface area (Å²) in [6.45, 7) is 0. The highest BCUT2D eigenvalue weighted by Gasteiger charge is 2.38. The number of fused-ring (bicyclic) bond motifs is 1. The number of rotatable bonds is 1. The summed E-state index contributed by atoms with van der Waals surface area (Å²) in [5.74, 6) is 0. The number of para-hydroxylation sites is 1. The van der Waals surface area contributed by atoms with E-state index in [0.717, 1.165) is 0 Å². The summed E-state index contributed by atoms with van der Waals surface area (Å²) in [4.78, 5) is 2.76. The quantitative estimate of drug-likeness (QED) is 0.752. The summed E-state index contributed by atoms with van der Waals surface area (Å²) >= 11 is 0. The predicted octanol–water partition coefficient (Wildman–Crippen LogP) is 2.73. The van der Waals surface area contributed by atoms with Gasteiger partial charge in [-0.15, -0.1) is 0 Å². The maximum atomic E-state index is 12.4. The molecule has 1 unspecified atom stereocenters. The molecule has 1 atom stereocenters. The van der Waals surface area contributed by atoms with E-state index in [0.29, 0.717) is 10.9 Å². The monoisotopic (exact) mass is 214 g/mol. The Morgan fingerprint density at radius 3 is 2.53 bits per heavy atom. The van der Waals surface area contributed by atoms with Crippen LogP contribution in [0.15, 0.2) is 30.5 Å². The van der Waals surface area contributed by atoms with Crippen LogP contribution in [0.1, 0.15) is 11.6 Å². The zero-order chi connectivity index (χ0) is 11.1. The smallest absolute Gasteiger partial charge is 0.361 e. The fraction of sp³-hybridized carbons (Fsp3) is 0.200. The van der Waals surface area contributed by atoms with Crippen molar-refractivity contribution < 1.29 is 13.2 Å². The van der Waals surface area contributed by atoms with E-state index in [9.17, 15) is 13.2 Å². The molecule has 1 heterocycles. The van der Waals surface area contributed by atoms with Crippen LogP contribution in [0.5, 0.6) is 0 Å². The van der Waals surface area contributed by atoms with Crippen LogP contribution in [-0.4, -0.2) is 11.2 Å². The van der Waals surface area contributed by atoms with Crippen LogP contribution in [0.3, 0.4) is 0 Å². The Morgan fingerprint density at radius 1 is 1.20 bits per heavy atom. The molecule has 1 aromatic carbocycles. The zero-order valence-corrected chi connectivity index (χ0v) is 7.68. The average Bonchev–Trinajstić information content (AvgIpc) is 2.58. The van der Waals surface area contributed by atoms with Crippen molar-refractivity contribution in [3.63, 3.8) is 0 Å². The van der Waals surface area contributed by atoms with E-state index in [2.05, 4.69) is 4.98 Å². The SMILES string of the molecule is NC(c1c[nH]c2ccccc12)C(F)(F)F. The third-order valence-electron chi connectivity index (χ3n) is 2.31. The van der Waals surface area contributed by atoms with Crippen molar-refractivity contribution in [1.82, 2.24) is 4.98 Å². The lowest BCUT2D eigenvalue weighted by Gasteiger charge is -2.14. The lowest BCUT2D eigenvalue weighted by molar-refractivity contribution is -0.148. The normalized spacial score (nSPS) is 14.4. The molecule has 2 nitrogen and oxygen atoms in total. The van der Waals surface area contributed by atoms with Crippen LogP contribution in [0.25, 0.3) is 10.9 Å². The first-order valence-electron chi connectivity index (χ1n) is 4.38. The fourth-order valence-electron chi connectivity index (χ4n) is 1.53. The summed E-state index contributed by atoms with van der Waals surface area (Å²) in [5.41, 5.74) is 5.88. The summed E-state index contributed by atoms with van der Waals surface area (Å²) in [6.07, 6.45) is -3.10. The molecular formula is C10H9F3N2. The molecule has 0 aliphatic heterocycles. The van der Waals surface area contributed by atoms with Crippen molar-refractivity contribution in [2.75, 3.05) is 0 Å². The van der Waals surface area contributed by atoms with Gasteiger partial charge >= 0.3 is 6.18 Å². The Labute approximate surface area is 83.9 Å². The molecule has 80 valence electrons. The predicted molar refractivity (Wildman–Crippen MR) is 51.3 cm³/mol. The van der Waals surface area contributed by atoms with Gasteiger partial charge in [0.25, 0.3) is 0 Å². The molecule has 0 bridgehead atoms. The summed E-state index contributed by atoms with van der Waals surface area (Å²) in [5, 5.41) is 0.516. The zero-order valence-electron chi connectivity index (χ0n) is 7.68. The summed E-state index contributed by atoms with van der Waals surface area (Å²) < 4.78 is 37.2. The third-order valence-corrected chi connectivity index (χ3v) is 2.31. The maximum absolute atomic E-state index is 12.4. The van der Waals surface area contributed by atoms with E-state index in [1.54, 1.807) is 24.3 Å². The minimum absolute atomic E-state index is 0.0816. The van der Waals surface area contributed by atoms with E-state index >= 15 is 0 Å². The highest BCUT2D eigenvalue weighted by molar-refractivity contribution is 5.83. The standard InChI is InChI=1S/C10H9F3N2/c11-10(12,13)9(14)7-5-15-8-4-2-1-3-6(7)8/h1-5,9,15H,14H2. The van der Waals surface area contributed by atoms with E-state index in [1.807, 2.05) is 0 Å². The van der Waals surface area contributed by atoms with Gasteiger partial charge in [0.05, 0.1) is 0 Å². The Bertz CT molecular complexity index is 473. The van der Waals surface area contributed by atoms with Gasteiger partial charge in [-0.05, 0) is 6.07 Å². The van der Waals surface area contributed by atoms with Crippen molar-refractivity contribution in [2.24, 2.45) is 5.73 Å². The van der Waals surface area contributed by atoms with Gasteiger partial charge in [-0.3, -0.25) is 0 Å². The molecule has 3 N–H and O–H groups in total. The second-order valence-electron chi connectivity index (χ2n) is 3.31. The largest absolute Gasteiger partial charge is 0.407 e. The Kier molecular flexibility index (Phi) is 2.19. The molecule has 0 saturated heterocycles. The van der Waals surface area contributed by atoms with Crippen LogP contribution in [0, 0.1) is 0 Å². The third kappa shape index (κ3) is 1.70. The van der Waals surface area contributed by atoms with Crippen molar-refractivity contribution in [1.29, 1.82) is 0 Å². The van der Waals surface area contributed by atoms with Crippen molar-refractivity contribution >= 4 is 10.9 Å². The van der Waals surface area contributed by atoms with Crippen LogP contribution in [0.2, 0.25) is 0 Å². The number of aromatic amines is 1. The number of alkyl halides is 3. The molecule has 0 radical (unpaired) electrons. The number of nitrogens with two attached hydrogens (primary N) is 1. The van der Waals surface area contributed by atoms with Crippen LogP contribution in [0.4, 0.5) is 13.2 Å². The van der Waals surface area contributed by atoms with Crippen molar-refractivity contribution in [2.45, 2.75) is 12.2 Å². The Balaban J connectivity index is 2.53. The highest BCUT2D eigenvalue weighted by atomic mass is 19.4. The lowest BCUT2D eigenvalue weighted by Crippen LogP contribution is -2.28. The summed E-state index contributed by atoms with van der Waals surface area (Å²) in [6, 6.07) is 4.83. The topological polar surface area (TPSA) is 41.8 Å².